The van der Waals surface area contributed by atoms with Gasteiger partial charge in [0.1, 0.15) is 36.7 Å². The smallest absolute Gasteiger partial charge is 0.416 e. The van der Waals surface area contributed by atoms with Crippen LogP contribution in [0.25, 0.3) is 22.4 Å². The Kier molecular flexibility index (Phi) is 4.88. The molecule has 154 valence electrons. The maximum atomic E-state index is 12.9. The van der Waals surface area contributed by atoms with Gasteiger partial charge in [0.25, 0.3) is 0 Å². The number of aromatic nitrogens is 1. The zero-order valence-electron chi connectivity index (χ0n) is 15.8. The molecule has 0 amide bonds. The number of pyridine rings is 1. The molecule has 2 N–H and O–H groups in total. The molecular formula is C22H13F3N4O2. The fourth-order valence-corrected chi connectivity index (χ4v) is 3.34. The first kappa shape index (κ1) is 20.0. The number of hydrogen-bond donors (Lipinski definition) is 1. The average molecular weight is 422 g/mol. The molecule has 31 heavy (non-hydrogen) atoms. The van der Waals surface area contributed by atoms with Crippen LogP contribution in [0, 0.1) is 22.7 Å². The first-order chi connectivity index (χ1) is 14.8. The van der Waals surface area contributed by atoms with Crippen LogP contribution in [0.4, 0.5) is 19.0 Å². The van der Waals surface area contributed by atoms with E-state index >= 15 is 0 Å². The largest absolute Gasteiger partial charge is 0.486 e. The Bertz CT molecular complexity index is 1260. The van der Waals surface area contributed by atoms with Crippen LogP contribution in [0.15, 0.2) is 42.5 Å². The molecule has 0 spiro atoms. The predicted octanol–water partition coefficient (Wildman–Crippen LogP) is 4.53. The third-order valence-corrected chi connectivity index (χ3v) is 4.77. The molecule has 1 aliphatic rings. The predicted molar refractivity (Wildman–Crippen MR) is 105 cm³/mol. The van der Waals surface area contributed by atoms with Crippen LogP contribution >= 0.6 is 0 Å². The number of benzene rings is 2. The lowest BCUT2D eigenvalue weighted by atomic mass is 9.92. The molecule has 0 saturated heterocycles. The Morgan fingerprint density at radius 2 is 1.48 bits per heavy atom. The summed E-state index contributed by atoms with van der Waals surface area (Å²) < 4.78 is 49.9. The highest BCUT2D eigenvalue weighted by Crippen LogP contribution is 2.40. The topological polar surface area (TPSA) is 105 Å². The molecule has 6 nitrogen and oxygen atoms in total. The first-order valence-electron chi connectivity index (χ1n) is 9.05. The van der Waals surface area contributed by atoms with E-state index in [0.29, 0.717) is 30.3 Å². The Morgan fingerprint density at radius 3 is 2.10 bits per heavy atom. The molecule has 0 radical (unpaired) electrons. The van der Waals surface area contributed by atoms with Crippen LogP contribution in [-0.2, 0) is 6.18 Å². The molecule has 2 aromatic carbocycles. The Labute approximate surface area is 174 Å². The van der Waals surface area contributed by atoms with E-state index in [0.717, 1.165) is 12.1 Å². The summed E-state index contributed by atoms with van der Waals surface area (Å²) in [7, 11) is 0. The number of hydrogen-bond acceptors (Lipinski definition) is 6. The third-order valence-electron chi connectivity index (χ3n) is 4.77. The van der Waals surface area contributed by atoms with Gasteiger partial charge in [0.05, 0.1) is 16.8 Å². The number of nitrogens with two attached hydrogens (primary N) is 1. The van der Waals surface area contributed by atoms with Gasteiger partial charge in [-0.15, -0.1) is 0 Å². The van der Waals surface area contributed by atoms with E-state index in [1.165, 1.54) is 12.1 Å². The van der Waals surface area contributed by atoms with Gasteiger partial charge in [-0.1, -0.05) is 12.1 Å². The Hall–Kier alpha value is -4.24. The molecule has 0 fully saturated rings. The lowest BCUT2D eigenvalue weighted by Crippen LogP contribution is -2.15. The quantitative estimate of drug-likeness (QED) is 0.651. The van der Waals surface area contributed by atoms with Crippen LogP contribution in [0.5, 0.6) is 11.5 Å². The van der Waals surface area contributed by atoms with Gasteiger partial charge < -0.3 is 15.2 Å². The minimum Gasteiger partial charge on any atom is -0.486 e. The standard InChI is InChI=1S/C22H13F3N4O2/c23-22(24,25)14-4-1-12(2-5-14)19-15(10-26)20(29-21(28)16(19)11-27)13-3-6-17-18(9-13)31-8-7-30-17/h1-6,9H,7-8H2,(H2,28,29). The van der Waals surface area contributed by atoms with Crippen molar-refractivity contribution in [3.05, 3.63) is 59.2 Å². The second kappa shape index (κ2) is 7.54. The lowest BCUT2D eigenvalue weighted by Gasteiger charge is -2.19. The molecule has 0 saturated carbocycles. The van der Waals surface area contributed by atoms with Crippen molar-refractivity contribution in [3.8, 4) is 46.0 Å². The van der Waals surface area contributed by atoms with Crippen LogP contribution in [0.3, 0.4) is 0 Å². The van der Waals surface area contributed by atoms with Crippen molar-refractivity contribution in [2.24, 2.45) is 0 Å². The minimum atomic E-state index is -4.51. The van der Waals surface area contributed by atoms with E-state index in [1.54, 1.807) is 18.2 Å². The monoisotopic (exact) mass is 422 g/mol. The van der Waals surface area contributed by atoms with Gasteiger partial charge in [0.2, 0.25) is 0 Å². The van der Waals surface area contributed by atoms with Crippen molar-refractivity contribution in [1.82, 2.24) is 4.98 Å². The normalized spacial score (nSPS) is 12.7. The van der Waals surface area contributed by atoms with Crippen LogP contribution in [0.2, 0.25) is 0 Å². The number of ether oxygens (including phenoxy) is 2. The number of rotatable bonds is 2. The number of nitrogens with zero attached hydrogens (tertiary/aromatic N) is 3. The summed E-state index contributed by atoms with van der Waals surface area (Å²) in [5.41, 5.74) is 6.12. The molecule has 0 bridgehead atoms. The molecule has 0 unspecified atom stereocenters. The van der Waals surface area contributed by atoms with E-state index in [1.807, 2.05) is 12.1 Å². The zero-order valence-corrected chi connectivity index (χ0v) is 15.8. The molecule has 9 heteroatoms. The molecule has 1 aliphatic heterocycles. The van der Waals surface area contributed by atoms with Gasteiger partial charge >= 0.3 is 6.18 Å². The van der Waals surface area contributed by atoms with Crippen molar-refractivity contribution >= 4 is 5.82 Å². The Morgan fingerprint density at radius 1 is 0.871 bits per heavy atom. The fraction of sp³-hybridized carbons (Fsp3) is 0.136. The number of halogens is 3. The molecule has 0 atom stereocenters. The third kappa shape index (κ3) is 3.58. The molecule has 2 heterocycles. The number of alkyl halides is 3. The maximum absolute atomic E-state index is 12.9. The van der Waals surface area contributed by atoms with Crippen LogP contribution in [0.1, 0.15) is 16.7 Å². The molecule has 1 aromatic heterocycles. The van der Waals surface area contributed by atoms with Gasteiger partial charge in [0, 0.05) is 11.1 Å². The van der Waals surface area contributed by atoms with Crippen molar-refractivity contribution in [1.29, 1.82) is 10.5 Å². The van der Waals surface area contributed by atoms with E-state index in [-0.39, 0.29) is 33.8 Å². The van der Waals surface area contributed by atoms with E-state index in [4.69, 9.17) is 15.2 Å². The summed E-state index contributed by atoms with van der Waals surface area (Å²) in [5.74, 6) is 0.868. The fourth-order valence-electron chi connectivity index (χ4n) is 3.34. The van der Waals surface area contributed by atoms with E-state index < -0.39 is 11.7 Å². The van der Waals surface area contributed by atoms with Crippen LogP contribution in [-0.4, -0.2) is 18.2 Å². The Balaban J connectivity index is 1.93. The van der Waals surface area contributed by atoms with Gasteiger partial charge in [0.15, 0.2) is 11.5 Å². The van der Waals surface area contributed by atoms with E-state index in [9.17, 15) is 23.7 Å². The van der Waals surface area contributed by atoms with Gasteiger partial charge in [-0.3, -0.25) is 0 Å². The lowest BCUT2D eigenvalue weighted by molar-refractivity contribution is -0.137. The van der Waals surface area contributed by atoms with Crippen molar-refractivity contribution in [3.63, 3.8) is 0 Å². The highest BCUT2D eigenvalue weighted by Gasteiger charge is 2.30. The van der Waals surface area contributed by atoms with E-state index in [2.05, 4.69) is 4.98 Å². The second-order valence-electron chi connectivity index (χ2n) is 6.63. The van der Waals surface area contributed by atoms with Crippen molar-refractivity contribution in [2.75, 3.05) is 18.9 Å². The van der Waals surface area contributed by atoms with Crippen molar-refractivity contribution in [2.45, 2.75) is 6.18 Å². The van der Waals surface area contributed by atoms with Crippen LogP contribution < -0.4 is 15.2 Å². The average Bonchev–Trinajstić information content (AvgIpc) is 2.77. The highest BCUT2D eigenvalue weighted by molar-refractivity contribution is 5.87. The summed E-state index contributed by atoms with van der Waals surface area (Å²) in [4.78, 5) is 4.23. The summed E-state index contributed by atoms with van der Waals surface area (Å²) >= 11 is 0. The summed E-state index contributed by atoms with van der Waals surface area (Å²) in [6.45, 7) is 0.775. The highest BCUT2D eigenvalue weighted by atomic mass is 19.4. The minimum absolute atomic E-state index is 0.0159. The molecule has 3 aromatic rings. The zero-order chi connectivity index (χ0) is 22.2. The SMILES string of the molecule is N#Cc1c(N)nc(-c2ccc3c(c2)OCCO3)c(C#N)c1-c1ccc(C(F)(F)F)cc1. The summed E-state index contributed by atoms with van der Waals surface area (Å²) in [6.07, 6.45) is -4.51. The van der Waals surface area contributed by atoms with Crippen molar-refractivity contribution < 1.29 is 22.6 Å². The summed E-state index contributed by atoms with van der Waals surface area (Å²) in [6, 6.07) is 13.1. The number of fused-ring (bicyclic) bond motifs is 1. The molecular weight excluding hydrogens is 409 g/mol. The number of nitriles is 2. The van der Waals surface area contributed by atoms with Gasteiger partial charge in [-0.05, 0) is 35.9 Å². The van der Waals surface area contributed by atoms with Gasteiger partial charge in [-0.25, -0.2) is 4.98 Å². The maximum Gasteiger partial charge on any atom is 0.416 e. The molecule has 4 rings (SSSR count). The summed E-state index contributed by atoms with van der Waals surface area (Å²) in [5, 5.41) is 19.5. The number of nitrogen functional groups attached to an aromatic ring is 1. The number of anilines is 1. The second-order valence-corrected chi connectivity index (χ2v) is 6.63. The molecule has 0 aliphatic carbocycles. The van der Waals surface area contributed by atoms with Gasteiger partial charge in [-0.2, -0.15) is 23.7 Å². The first-order valence-corrected chi connectivity index (χ1v) is 9.05.